The SMILES string of the molecule is CCN(C[C@@]1(C)CCc2cc(-c3nc(C)cc(C)n3)c(C)nc2N1)C(=O)[C@H](C)c1cc(OC)ncc1F. The number of anilines is 1. The molecule has 1 aliphatic rings. The quantitative estimate of drug-likeness (QED) is 0.493. The van der Waals surface area contributed by atoms with E-state index in [1.165, 1.54) is 13.2 Å². The Morgan fingerprint density at radius 2 is 1.89 bits per heavy atom. The molecule has 1 N–H and O–H groups in total. The van der Waals surface area contributed by atoms with Crippen molar-refractivity contribution in [3.05, 3.63) is 58.4 Å². The Hall–Kier alpha value is -3.62. The molecule has 8 nitrogen and oxygen atoms in total. The van der Waals surface area contributed by atoms with Crippen LogP contribution in [0.25, 0.3) is 11.4 Å². The molecule has 0 spiro atoms. The monoisotopic (exact) mass is 506 g/mol. The molecule has 0 aliphatic carbocycles. The summed E-state index contributed by atoms with van der Waals surface area (Å²) in [6.45, 7) is 12.6. The van der Waals surface area contributed by atoms with E-state index in [-0.39, 0.29) is 22.9 Å². The largest absolute Gasteiger partial charge is 0.481 e. The van der Waals surface area contributed by atoms with Crippen LogP contribution in [0.1, 0.15) is 61.3 Å². The maximum atomic E-state index is 14.5. The van der Waals surface area contributed by atoms with Crippen LogP contribution in [0.5, 0.6) is 5.88 Å². The predicted octanol–water partition coefficient (Wildman–Crippen LogP) is 4.78. The highest BCUT2D eigenvalue weighted by molar-refractivity contribution is 5.83. The maximum Gasteiger partial charge on any atom is 0.230 e. The molecule has 2 atom stereocenters. The number of likely N-dealkylation sites (N-methyl/N-ethyl adjacent to an activating group) is 1. The van der Waals surface area contributed by atoms with Crippen molar-refractivity contribution in [3.63, 3.8) is 0 Å². The number of carbonyl (C=O) groups excluding carboxylic acids is 1. The van der Waals surface area contributed by atoms with Crippen molar-refractivity contribution in [2.24, 2.45) is 0 Å². The summed E-state index contributed by atoms with van der Waals surface area (Å²) in [6.07, 6.45) is 2.72. The summed E-state index contributed by atoms with van der Waals surface area (Å²) < 4.78 is 19.6. The highest BCUT2D eigenvalue weighted by Gasteiger charge is 2.35. The number of hydrogen-bond donors (Lipinski definition) is 1. The molecular formula is C28H35FN6O2. The molecule has 4 rings (SSSR count). The van der Waals surface area contributed by atoms with Crippen LogP contribution in [-0.4, -0.2) is 56.5 Å². The van der Waals surface area contributed by atoms with Gasteiger partial charge in [0.05, 0.1) is 30.5 Å². The lowest BCUT2D eigenvalue weighted by atomic mass is 9.87. The van der Waals surface area contributed by atoms with Crippen LogP contribution in [0.3, 0.4) is 0 Å². The topological polar surface area (TPSA) is 93.1 Å². The normalized spacial score (nSPS) is 17.5. The number of halogens is 1. The molecule has 3 aromatic rings. The van der Waals surface area contributed by atoms with E-state index >= 15 is 0 Å². The summed E-state index contributed by atoms with van der Waals surface area (Å²) in [7, 11) is 1.47. The highest BCUT2D eigenvalue weighted by Crippen LogP contribution is 2.34. The lowest BCUT2D eigenvalue weighted by Crippen LogP contribution is -2.51. The highest BCUT2D eigenvalue weighted by atomic mass is 19.1. The summed E-state index contributed by atoms with van der Waals surface area (Å²) >= 11 is 0. The summed E-state index contributed by atoms with van der Waals surface area (Å²) in [6, 6.07) is 5.58. The number of carbonyl (C=O) groups is 1. The van der Waals surface area contributed by atoms with Gasteiger partial charge in [0.2, 0.25) is 11.8 Å². The molecular weight excluding hydrogens is 471 g/mol. The van der Waals surface area contributed by atoms with E-state index in [1.54, 1.807) is 11.8 Å². The lowest BCUT2D eigenvalue weighted by Gasteiger charge is -2.40. The molecule has 0 bridgehead atoms. The average Bonchev–Trinajstić information content (AvgIpc) is 2.85. The zero-order chi connectivity index (χ0) is 26.9. The third-order valence-electron chi connectivity index (χ3n) is 7.02. The molecule has 0 saturated carbocycles. The van der Waals surface area contributed by atoms with Gasteiger partial charge >= 0.3 is 0 Å². The number of fused-ring (bicyclic) bond motifs is 1. The van der Waals surface area contributed by atoms with Crippen molar-refractivity contribution in [3.8, 4) is 17.3 Å². The minimum atomic E-state index is -0.669. The Morgan fingerprint density at radius 3 is 2.54 bits per heavy atom. The van der Waals surface area contributed by atoms with Gasteiger partial charge in [-0.05, 0) is 72.1 Å². The van der Waals surface area contributed by atoms with Crippen molar-refractivity contribution in [1.29, 1.82) is 0 Å². The van der Waals surface area contributed by atoms with Gasteiger partial charge in [0.1, 0.15) is 11.6 Å². The van der Waals surface area contributed by atoms with Crippen LogP contribution in [-0.2, 0) is 11.2 Å². The van der Waals surface area contributed by atoms with E-state index in [4.69, 9.17) is 9.72 Å². The Morgan fingerprint density at radius 1 is 1.19 bits per heavy atom. The number of ether oxygens (including phenoxy) is 1. The molecule has 37 heavy (non-hydrogen) atoms. The van der Waals surface area contributed by atoms with E-state index in [0.29, 0.717) is 18.9 Å². The van der Waals surface area contributed by atoms with Crippen molar-refractivity contribution < 1.29 is 13.9 Å². The number of hydrogen-bond acceptors (Lipinski definition) is 7. The first-order valence-electron chi connectivity index (χ1n) is 12.6. The van der Waals surface area contributed by atoms with Crippen molar-refractivity contribution >= 4 is 11.7 Å². The second kappa shape index (κ2) is 10.4. The van der Waals surface area contributed by atoms with Gasteiger partial charge in [-0.2, -0.15) is 0 Å². The molecule has 1 amide bonds. The van der Waals surface area contributed by atoms with Gasteiger partial charge in [0, 0.05) is 41.7 Å². The number of amides is 1. The molecule has 1 aliphatic heterocycles. The number of nitrogens with one attached hydrogen (secondary N) is 1. The molecule has 0 fully saturated rings. The second-order valence-corrected chi connectivity index (χ2v) is 10.1. The Labute approximate surface area is 217 Å². The summed E-state index contributed by atoms with van der Waals surface area (Å²) in [5.74, 6) is 0.462. The zero-order valence-electron chi connectivity index (χ0n) is 22.6. The molecule has 0 saturated heterocycles. The first-order chi connectivity index (χ1) is 17.5. The third kappa shape index (κ3) is 5.55. The first kappa shape index (κ1) is 26.4. The average molecular weight is 507 g/mol. The standard InChI is InChI=1S/C28H35FN6O2/c1-8-35(27(36)18(4)21-13-24(37-7)30-14-23(21)29)15-28(6)10-9-20-12-22(19(5)33-25(20)34-28)26-31-16(2)11-17(3)32-26/h11-14,18H,8-10,15H2,1-7H3,(H,33,34)/t18-,28-/m1/s1. The van der Waals surface area contributed by atoms with Crippen LogP contribution < -0.4 is 10.1 Å². The van der Waals surface area contributed by atoms with Crippen LogP contribution in [0.2, 0.25) is 0 Å². The number of methoxy groups -OCH3 is 1. The van der Waals surface area contributed by atoms with Gasteiger partial charge in [-0.3, -0.25) is 4.79 Å². The van der Waals surface area contributed by atoms with E-state index in [1.807, 2.05) is 33.8 Å². The lowest BCUT2D eigenvalue weighted by molar-refractivity contribution is -0.133. The number of aryl methyl sites for hydroxylation is 4. The summed E-state index contributed by atoms with van der Waals surface area (Å²) in [4.78, 5) is 33.2. The Bertz CT molecular complexity index is 1310. The van der Waals surface area contributed by atoms with Crippen LogP contribution >= 0.6 is 0 Å². The molecule has 0 radical (unpaired) electrons. The minimum Gasteiger partial charge on any atom is -0.481 e. The fourth-order valence-corrected chi connectivity index (χ4v) is 4.95. The molecule has 0 unspecified atom stereocenters. The smallest absolute Gasteiger partial charge is 0.230 e. The van der Waals surface area contributed by atoms with Gasteiger partial charge in [0.25, 0.3) is 0 Å². The second-order valence-electron chi connectivity index (χ2n) is 10.1. The van der Waals surface area contributed by atoms with Gasteiger partial charge in [-0.25, -0.2) is 24.3 Å². The van der Waals surface area contributed by atoms with E-state index in [0.717, 1.165) is 53.1 Å². The van der Waals surface area contributed by atoms with Crippen LogP contribution in [0.4, 0.5) is 10.2 Å². The fraction of sp³-hybridized carbons (Fsp3) is 0.464. The van der Waals surface area contributed by atoms with Gasteiger partial charge in [-0.1, -0.05) is 0 Å². The number of pyridine rings is 2. The van der Waals surface area contributed by atoms with Gasteiger partial charge in [-0.15, -0.1) is 0 Å². The summed E-state index contributed by atoms with van der Waals surface area (Å²) in [5.41, 5.74) is 4.63. The molecule has 0 aromatic carbocycles. The number of nitrogens with zero attached hydrogens (tertiary/aromatic N) is 5. The molecule has 9 heteroatoms. The molecule has 196 valence electrons. The van der Waals surface area contributed by atoms with Crippen LogP contribution in [0, 0.1) is 26.6 Å². The van der Waals surface area contributed by atoms with E-state index in [2.05, 4.69) is 33.3 Å². The third-order valence-corrected chi connectivity index (χ3v) is 7.02. The number of rotatable bonds is 7. The fourth-order valence-electron chi connectivity index (χ4n) is 4.95. The molecule has 4 heterocycles. The van der Waals surface area contributed by atoms with Gasteiger partial charge in [0.15, 0.2) is 5.82 Å². The van der Waals surface area contributed by atoms with Crippen molar-refractivity contribution in [2.45, 2.75) is 65.8 Å². The van der Waals surface area contributed by atoms with Gasteiger partial charge < -0.3 is 15.0 Å². The zero-order valence-corrected chi connectivity index (χ0v) is 22.6. The van der Waals surface area contributed by atoms with E-state index < -0.39 is 11.7 Å². The minimum absolute atomic E-state index is 0.144. The predicted molar refractivity (Wildman–Crippen MR) is 141 cm³/mol. The van der Waals surface area contributed by atoms with Crippen LogP contribution in [0.15, 0.2) is 24.4 Å². The Balaban J connectivity index is 1.54. The van der Waals surface area contributed by atoms with Crippen molar-refractivity contribution in [2.75, 3.05) is 25.5 Å². The first-order valence-corrected chi connectivity index (χ1v) is 12.6. The Kier molecular flexibility index (Phi) is 7.43. The maximum absolute atomic E-state index is 14.5. The number of aromatic nitrogens is 4. The van der Waals surface area contributed by atoms with Crippen molar-refractivity contribution in [1.82, 2.24) is 24.8 Å². The van der Waals surface area contributed by atoms with E-state index in [9.17, 15) is 9.18 Å². The summed E-state index contributed by atoms with van der Waals surface area (Å²) in [5, 5.41) is 3.59. The molecule has 3 aromatic heterocycles.